The highest BCUT2D eigenvalue weighted by atomic mass is 16.2. The molecule has 1 rings (SSSR count). The van der Waals surface area contributed by atoms with Crippen LogP contribution in [-0.4, -0.2) is 33.9 Å². The summed E-state index contributed by atoms with van der Waals surface area (Å²) < 4.78 is 0. The Hall–Kier alpha value is -1.49. The molecule has 0 aromatic carbocycles. The highest BCUT2D eigenvalue weighted by molar-refractivity contribution is 5.82. The Labute approximate surface area is 102 Å². The molecule has 0 aliphatic heterocycles. The average molecular weight is 236 g/mol. The van der Waals surface area contributed by atoms with Gasteiger partial charge in [-0.15, -0.1) is 0 Å². The molecule has 5 nitrogen and oxygen atoms in total. The molecule has 0 bridgehead atoms. The van der Waals surface area contributed by atoms with Crippen molar-refractivity contribution in [3.63, 3.8) is 0 Å². The Morgan fingerprint density at radius 3 is 2.47 bits per heavy atom. The van der Waals surface area contributed by atoms with Crippen LogP contribution in [-0.2, 0) is 4.79 Å². The zero-order chi connectivity index (χ0) is 13.0. The molecule has 0 aliphatic rings. The Morgan fingerprint density at radius 1 is 1.35 bits per heavy atom. The quantitative estimate of drug-likeness (QED) is 0.845. The summed E-state index contributed by atoms with van der Waals surface area (Å²) in [6.45, 7) is 5.78. The Kier molecular flexibility index (Phi) is 4.57. The average Bonchev–Trinajstić information content (AvgIpc) is 2.36. The van der Waals surface area contributed by atoms with Gasteiger partial charge in [0.05, 0.1) is 24.0 Å². The lowest BCUT2D eigenvalue weighted by Gasteiger charge is -2.28. The van der Waals surface area contributed by atoms with Crippen LogP contribution in [0.5, 0.6) is 0 Å². The number of nitrogens with two attached hydrogens (primary N) is 1. The molecule has 1 amide bonds. The fraction of sp³-hybridized carbons (Fsp3) is 0.583. The van der Waals surface area contributed by atoms with Gasteiger partial charge in [0.1, 0.15) is 0 Å². The van der Waals surface area contributed by atoms with Crippen molar-refractivity contribution in [2.24, 2.45) is 11.7 Å². The Bertz CT molecular complexity index is 366. The maximum Gasteiger partial charge on any atom is 0.240 e. The van der Waals surface area contributed by atoms with Crippen molar-refractivity contribution in [2.45, 2.75) is 32.9 Å². The predicted molar refractivity (Wildman–Crippen MR) is 66.0 cm³/mol. The molecule has 94 valence electrons. The largest absolute Gasteiger partial charge is 0.336 e. The Morgan fingerprint density at radius 2 is 2.00 bits per heavy atom. The summed E-state index contributed by atoms with van der Waals surface area (Å²) in [6.07, 6.45) is 4.89. The molecule has 17 heavy (non-hydrogen) atoms. The van der Waals surface area contributed by atoms with Crippen LogP contribution in [0.4, 0.5) is 0 Å². The smallest absolute Gasteiger partial charge is 0.240 e. The molecule has 1 aromatic rings. The van der Waals surface area contributed by atoms with Crippen molar-refractivity contribution in [1.82, 2.24) is 14.9 Å². The van der Waals surface area contributed by atoms with Crippen LogP contribution in [0, 0.1) is 5.92 Å². The fourth-order valence-corrected chi connectivity index (χ4v) is 1.44. The van der Waals surface area contributed by atoms with E-state index in [1.807, 2.05) is 20.8 Å². The van der Waals surface area contributed by atoms with Gasteiger partial charge in [0, 0.05) is 19.4 Å². The van der Waals surface area contributed by atoms with Crippen LogP contribution in [0.2, 0.25) is 0 Å². The second kappa shape index (κ2) is 5.72. The van der Waals surface area contributed by atoms with Crippen molar-refractivity contribution in [2.75, 3.05) is 7.05 Å². The second-order valence-corrected chi connectivity index (χ2v) is 4.53. The van der Waals surface area contributed by atoms with Gasteiger partial charge in [0.25, 0.3) is 0 Å². The van der Waals surface area contributed by atoms with Crippen LogP contribution >= 0.6 is 0 Å². The maximum atomic E-state index is 12.1. The first-order chi connectivity index (χ1) is 7.95. The first-order valence-electron chi connectivity index (χ1n) is 5.73. The van der Waals surface area contributed by atoms with E-state index in [4.69, 9.17) is 5.73 Å². The lowest BCUT2D eigenvalue weighted by atomic mass is 10.0. The normalized spacial score (nSPS) is 14.5. The molecular formula is C12H20N4O. The van der Waals surface area contributed by atoms with Gasteiger partial charge >= 0.3 is 0 Å². The van der Waals surface area contributed by atoms with Crippen LogP contribution in [0.3, 0.4) is 0 Å². The van der Waals surface area contributed by atoms with Crippen molar-refractivity contribution in [3.8, 4) is 0 Å². The summed E-state index contributed by atoms with van der Waals surface area (Å²) >= 11 is 0. The maximum absolute atomic E-state index is 12.1. The van der Waals surface area contributed by atoms with Crippen LogP contribution in [0.1, 0.15) is 32.5 Å². The zero-order valence-electron chi connectivity index (χ0n) is 10.8. The topological polar surface area (TPSA) is 72.1 Å². The van der Waals surface area contributed by atoms with Gasteiger partial charge in [0.15, 0.2) is 0 Å². The molecule has 0 spiro atoms. The van der Waals surface area contributed by atoms with Crippen LogP contribution < -0.4 is 5.73 Å². The third kappa shape index (κ3) is 3.23. The lowest BCUT2D eigenvalue weighted by molar-refractivity contribution is -0.134. The van der Waals surface area contributed by atoms with Crippen molar-refractivity contribution < 1.29 is 4.79 Å². The van der Waals surface area contributed by atoms with Gasteiger partial charge in [-0.3, -0.25) is 14.8 Å². The molecule has 2 N–H and O–H groups in total. The number of hydrogen-bond donors (Lipinski definition) is 1. The van der Waals surface area contributed by atoms with E-state index in [2.05, 4.69) is 9.97 Å². The van der Waals surface area contributed by atoms with Crippen LogP contribution in [0.15, 0.2) is 18.6 Å². The first kappa shape index (κ1) is 13.6. The molecule has 2 atom stereocenters. The number of nitrogens with zero attached hydrogens (tertiary/aromatic N) is 3. The summed E-state index contributed by atoms with van der Waals surface area (Å²) in [4.78, 5) is 21.9. The zero-order valence-corrected chi connectivity index (χ0v) is 10.8. The number of rotatable bonds is 4. The minimum absolute atomic E-state index is 0.0712. The molecule has 1 heterocycles. The number of hydrogen-bond acceptors (Lipinski definition) is 4. The summed E-state index contributed by atoms with van der Waals surface area (Å²) in [5.74, 6) is 0.0529. The molecule has 0 saturated carbocycles. The van der Waals surface area contributed by atoms with E-state index in [0.29, 0.717) is 0 Å². The number of amides is 1. The second-order valence-electron chi connectivity index (χ2n) is 4.53. The molecule has 5 heteroatoms. The molecule has 0 saturated heterocycles. The van der Waals surface area contributed by atoms with Crippen molar-refractivity contribution in [3.05, 3.63) is 24.3 Å². The van der Waals surface area contributed by atoms with E-state index >= 15 is 0 Å². The number of carbonyl (C=O) groups excluding carboxylic acids is 1. The molecule has 0 aliphatic carbocycles. The molecular weight excluding hydrogens is 216 g/mol. The van der Waals surface area contributed by atoms with Crippen molar-refractivity contribution >= 4 is 5.91 Å². The summed E-state index contributed by atoms with van der Waals surface area (Å²) in [6, 6.07) is -0.597. The number of likely N-dealkylation sites (N-methyl/N-ethyl adjacent to an activating group) is 1. The summed E-state index contributed by atoms with van der Waals surface area (Å²) in [5.41, 5.74) is 6.61. The minimum Gasteiger partial charge on any atom is -0.336 e. The van der Waals surface area contributed by atoms with Gasteiger partial charge in [-0.2, -0.15) is 0 Å². The van der Waals surface area contributed by atoms with Gasteiger partial charge < -0.3 is 10.6 Å². The van der Waals surface area contributed by atoms with Crippen molar-refractivity contribution in [1.29, 1.82) is 0 Å². The van der Waals surface area contributed by atoms with Crippen LogP contribution in [0.25, 0.3) is 0 Å². The van der Waals surface area contributed by atoms with Gasteiger partial charge in [-0.25, -0.2) is 0 Å². The van der Waals surface area contributed by atoms with E-state index in [1.54, 1.807) is 30.5 Å². The van der Waals surface area contributed by atoms with E-state index in [1.165, 1.54) is 0 Å². The predicted octanol–water partition coefficient (Wildman–Crippen LogP) is 0.979. The number of aromatic nitrogens is 2. The highest BCUT2D eigenvalue weighted by Gasteiger charge is 2.25. The van der Waals surface area contributed by atoms with Gasteiger partial charge in [-0.1, -0.05) is 13.8 Å². The van der Waals surface area contributed by atoms with E-state index < -0.39 is 6.04 Å². The van der Waals surface area contributed by atoms with E-state index in [0.717, 1.165) is 5.69 Å². The summed E-state index contributed by atoms with van der Waals surface area (Å²) in [5, 5.41) is 0. The lowest BCUT2D eigenvalue weighted by Crippen LogP contribution is -2.45. The monoisotopic (exact) mass is 236 g/mol. The Balaban J connectivity index is 2.77. The molecule has 0 radical (unpaired) electrons. The standard InChI is InChI=1S/C12H20N4O/c1-8(2)11(13)12(17)16(4)9(3)10-7-14-5-6-15-10/h5-9,11H,13H2,1-4H3/t9-,11?/m0/s1. The number of carbonyl (C=O) groups is 1. The molecule has 0 fully saturated rings. The SMILES string of the molecule is CC(C)C(N)C(=O)N(C)[C@@H](C)c1cnccn1. The molecule has 1 aromatic heterocycles. The van der Waals surface area contributed by atoms with E-state index in [9.17, 15) is 4.79 Å². The third-order valence-corrected chi connectivity index (χ3v) is 2.94. The minimum atomic E-state index is -0.473. The van der Waals surface area contributed by atoms with E-state index in [-0.39, 0.29) is 17.9 Å². The highest BCUT2D eigenvalue weighted by Crippen LogP contribution is 2.17. The first-order valence-corrected chi connectivity index (χ1v) is 5.73. The van der Waals surface area contributed by atoms with Gasteiger partial charge in [-0.05, 0) is 12.8 Å². The third-order valence-electron chi connectivity index (χ3n) is 2.94. The molecule has 1 unspecified atom stereocenters. The van der Waals surface area contributed by atoms with Gasteiger partial charge in [0.2, 0.25) is 5.91 Å². The summed E-state index contributed by atoms with van der Waals surface area (Å²) in [7, 11) is 1.74. The fourth-order valence-electron chi connectivity index (χ4n) is 1.44.